The average Bonchev–Trinajstić information content (AvgIpc) is 2.15. The minimum atomic E-state index is -0.570. The first-order valence-electron chi connectivity index (χ1n) is 4.72. The van der Waals surface area contributed by atoms with Gasteiger partial charge in [-0.1, -0.05) is 0 Å². The minimum absolute atomic E-state index is 0.153. The lowest BCUT2D eigenvalue weighted by molar-refractivity contribution is -0.146. The molecule has 0 aromatic heterocycles. The second-order valence-corrected chi connectivity index (χ2v) is 2.89. The standard InChI is InChI=1S/C9H18N2O3/c1-4-14-9(13)7(2)11-8(12)5-6-10-3/h7,10H,4-6H2,1-3H3,(H,11,12). The molecular formula is C9H18N2O3. The average molecular weight is 202 g/mol. The van der Waals surface area contributed by atoms with Crippen molar-refractivity contribution < 1.29 is 14.3 Å². The quantitative estimate of drug-likeness (QED) is 0.578. The Hall–Kier alpha value is -1.10. The number of carbonyl (C=O) groups is 2. The summed E-state index contributed by atoms with van der Waals surface area (Å²) in [7, 11) is 1.77. The fraction of sp³-hybridized carbons (Fsp3) is 0.778. The van der Waals surface area contributed by atoms with Gasteiger partial charge in [0.25, 0.3) is 0 Å². The monoisotopic (exact) mass is 202 g/mol. The Morgan fingerprint density at radius 3 is 2.57 bits per heavy atom. The molecule has 0 aliphatic heterocycles. The Labute approximate surface area is 84.2 Å². The zero-order valence-electron chi connectivity index (χ0n) is 8.92. The Balaban J connectivity index is 3.75. The highest BCUT2D eigenvalue weighted by Crippen LogP contribution is 1.89. The number of hydrogen-bond donors (Lipinski definition) is 2. The molecule has 14 heavy (non-hydrogen) atoms. The van der Waals surface area contributed by atoms with E-state index in [0.717, 1.165) is 0 Å². The van der Waals surface area contributed by atoms with E-state index in [0.29, 0.717) is 19.6 Å². The summed E-state index contributed by atoms with van der Waals surface area (Å²) in [4.78, 5) is 22.3. The van der Waals surface area contributed by atoms with Crippen LogP contribution in [0.25, 0.3) is 0 Å². The van der Waals surface area contributed by atoms with Crippen molar-refractivity contribution in [2.75, 3.05) is 20.2 Å². The largest absolute Gasteiger partial charge is 0.464 e. The van der Waals surface area contributed by atoms with Crippen molar-refractivity contribution in [1.82, 2.24) is 10.6 Å². The van der Waals surface area contributed by atoms with E-state index in [-0.39, 0.29) is 5.91 Å². The van der Waals surface area contributed by atoms with E-state index in [1.165, 1.54) is 0 Å². The van der Waals surface area contributed by atoms with Crippen LogP contribution in [0.3, 0.4) is 0 Å². The molecule has 5 nitrogen and oxygen atoms in total. The van der Waals surface area contributed by atoms with E-state index in [4.69, 9.17) is 4.74 Å². The van der Waals surface area contributed by atoms with Gasteiger partial charge in [0.15, 0.2) is 0 Å². The summed E-state index contributed by atoms with van der Waals surface area (Å²) >= 11 is 0. The molecule has 0 spiro atoms. The first-order valence-corrected chi connectivity index (χ1v) is 4.72. The lowest BCUT2D eigenvalue weighted by Crippen LogP contribution is -2.40. The molecule has 1 atom stereocenters. The van der Waals surface area contributed by atoms with Crippen LogP contribution in [0.4, 0.5) is 0 Å². The van der Waals surface area contributed by atoms with Crippen LogP contribution >= 0.6 is 0 Å². The number of esters is 1. The van der Waals surface area contributed by atoms with Crippen molar-refractivity contribution in [2.45, 2.75) is 26.3 Å². The van der Waals surface area contributed by atoms with Gasteiger partial charge >= 0.3 is 5.97 Å². The zero-order chi connectivity index (χ0) is 11.0. The van der Waals surface area contributed by atoms with Gasteiger partial charge in [-0.2, -0.15) is 0 Å². The first-order chi connectivity index (χ1) is 6.61. The van der Waals surface area contributed by atoms with Crippen molar-refractivity contribution in [1.29, 1.82) is 0 Å². The second-order valence-electron chi connectivity index (χ2n) is 2.89. The van der Waals surface area contributed by atoms with E-state index in [9.17, 15) is 9.59 Å². The van der Waals surface area contributed by atoms with Gasteiger partial charge in [0.05, 0.1) is 6.61 Å². The highest BCUT2D eigenvalue weighted by molar-refractivity contribution is 5.84. The lowest BCUT2D eigenvalue weighted by atomic mass is 10.3. The molecule has 1 amide bonds. The Bertz CT molecular complexity index is 194. The van der Waals surface area contributed by atoms with Crippen LogP contribution in [0.5, 0.6) is 0 Å². The molecule has 1 unspecified atom stereocenters. The molecule has 0 saturated carbocycles. The molecule has 82 valence electrons. The molecule has 0 aromatic rings. The number of ether oxygens (including phenoxy) is 1. The first kappa shape index (κ1) is 12.9. The Morgan fingerprint density at radius 2 is 2.07 bits per heavy atom. The molecule has 0 aliphatic rings. The second kappa shape index (κ2) is 7.32. The summed E-state index contributed by atoms with van der Waals surface area (Å²) in [5, 5.41) is 5.40. The fourth-order valence-corrected chi connectivity index (χ4v) is 0.878. The normalized spacial score (nSPS) is 11.9. The van der Waals surface area contributed by atoms with Crippen LogP contribution in [-0.2, 0) is 14.3 Å². The van der Waals surface area contributed by atoms with Gasteiger partial charge in [0.1, 0.15) is 6.04 Å². The van der Waals surface area contributed by atoms with Crippen LogP contribution in [0.2, 0.25) is 0 Å². The van der Waals surface area contributed by atoms with Crippen LogP contribution in [0.1, 0.15) is 20.3 Å². The summed E-state index contributed by atoms with van der Waals surface area (Å²) in [5.74, 6) is -0.551. The smallest absolute Gasteiger partial charge is 0.328 e. The molecule has 5 heteroatoms. The van der Waals surface area contributed by atoms with Crippen molar-refractivity contribution in [3.05, 3.63) is 0 Å². The van der Waals surface area contributed by atoms with Gasteiger partial charge in [0.2, 0.25) is 5.91 Å². The summed E-state index contributed by atoms with van der Waals surface area (Å²) in [6.45, 7) is 4.26. The molecular weight excluding hydrogens is 184 g/mol. The maximum absolute atomic E-state index is 11.2. The van der Waals surface area contributed by atoms with E-state index in [1.54, 1.807) is 20.9 Å². The highest BCUT2D eigenvalue weighted by Gasteiger charge is 2.15. The maximum atomic E-state index is 11.2. The molecule has 0 radical (unpaired) electrons. The topological polar surface area (TPSA) is 67.4 Å². The summed E-state index contributed by atoms with van der Waals surface area (Å²) in [6.07, 6.45) is 0.361. The highest BCUT2D eigenvalue weighted by atomic mass is 16.5. The molecule has 0 heterocycles. The molecule has 0 fully saturated rings. The summed E-state index contributed by atoms with van der Waals surface area (Å²) in [5.41, 5.74) is 0. The maximum Gasteiger partial charge on any atom is 0.328 e. The summed E-state index contributed by atoms with van der Waals surface area (Å²) < 4.78 is 4.74. The minimum Gasteiger partial charge on any atom is -0.464 e. The number of rotatable bonds is 6. The SMILES string of the molecule is CCOC(=O)C(C)NC(=O)CCNC. The van der Waals surface area contributed by atoms with Crippen molar-refractivity contribution in [2.24, 2.45) is 0 Å². The van der Waals surface area contributed by atoms with Gasteiger partial charge in [-0.15, -0.1) is 0 Å². The Morgan fingerprint density at radius 1 is 1.43 bits per heavy atom. The summed E-state index contributed by atoms with van der Waals surface area (Å²) in [6, 6.07) is -0.570. The predicted molar refractivity (Wildman–Crippen MR) is 52.8 cm³/mol. The van der Waals surface area contributed by atoms with Gasteiger partial charge in [-0.25, -0.2) is 4.79 Å². The number of carbonyl (C=O) groups excluding carboxylic acids is 2. The van der Waals surface area contributed by atoms with E-state index < -0.39 is 12.0 Å². The van der Waals surface area contributed by atoms with Crippen molar-refractivity contribution >= 4 is 11.9 Å². The third-order valence-electron chi connectivity index (χ3n) is 1.62. The lowest BCUT2D eigenvalue weighted by Gasteiger charge is -2.12. The molecule has 0 bridgehead atoms. The van der Waals surface area contributed by atoms with E-state index in [2.05, 4.69) is 10.6 Å². The van der Waals surface area contributed by atoms with Crippen LogP contribution in [-0.4, -0.2) is 38.1 Å². The molecule has 0 rings (SSSR count). The van der Waals surface area contributed by atoms with Gasteiger partial charge in [0, 0.05) is 13.0 Å². The molecule has 2 N–H and O–H groups in total. The number of nitrogens with one attached hydrogen (secondary N) is 2. The van der Waals surface area contributed by atoms with Crippen LogP contribution in [0, 0.1) is 0 Å². The third kappa shape index (κ3) is 5.53. The predicted octanol–water partition coefficient (Wildman–Crippen LogP) is -0.336. The third-order valence-corrected chi connectivity index (χ3v) is 1.62. The number of hydrogen-bond acceptors (Lipinski definition) is 4. The van der Waals surface area contributed by atoms with Crippen molar-refractivity contribution in [3.63, 3.8) is 0 Å². The van der Waals surface area contributed by atoms with E-state index >= 15 is 0 Å². The van der Waals surface area contributed by atoms with Gasteiger partial charge in [-0.05, 0) is 20.9 Å². The molecule has 0 aromatic carbocycles. The van der Waals surface area contributed by atoms with Crippen molar-refractivity contribution in [3.8, 4) is 0 Å². The molecule has 0 saturated heterocycles. The Kier molecular flexibility index (Phi) is 6.74. The van der Waals surface area contributed by atoms with Gasteiger partial charge < -0.3 is 15.4 Å². The van der Waals surface area contributed by atoms with E-state index in [1.807, 2.05) is 0 Å². The molecule has 0 aliphatic carbocycles. The zero-order valence-corrected chi connectivity index (χ0v) is 8.92. The van der Waals surface area contributed by atoms with Gasteiger partial charge in [-0.3, -0.25) is 4.79 Å². The van der Waals surface area contributed by atoms with Crippen LogP contribution < -0.4 is 10.6 Å². The number of amides is 1. The fourth-order valence-electron chi connectivity index (χ4n) is 0.878. The van der Waals surface area contributed by atoms with Crippen LogP contribution in [0.15, 0.2) is 0 Å².